The monoisotopic (exact) mass is 296 g/mol. The van der Waals surface area contributed by atoms with Crippen molar-refractivity contribution in [1.82, 2.24) is 0 Å². The zero-order chi connectivity index (χ0) is 17.0. The first-order chi connectivity index (χ1) is 10.6. The Bertz CT molecular complexity index is 506. The third kappa shape index (κ3) is 6.30. The highest BCUT2D eigenvalue weighted by atomic mass is 14.3. The summed E-state index contributed by atoms with van der Waals surface area (Å²) in [5, 5.41) is 0. The van der Waals surface area contributed by atoms with Crippen LogP contribution in [0.1, 0.15) is 59.1 Å². The van der Waals surface area contributed by atoms with E-state index in [-0.39, 0.29) is 5.41 Å². The Labute approximate surface area is 137 Å². The molecule has 0 unspecified atom stereocenters. The highest BCUT2D eigenvalue weighted by Crippen LogP contribution is 2.33. The van der Waals surface area contributed by atoms with E-state index in [1.54, 1.807) is 0 Å². The quantitative estimate of drug-likeness (QED) is 0.563. The molecule has 2 aromatic rings. The van der Waals surface area contributed by atoms with Crippen LogP contribution in [0.5, 0.6) is 0 Å². The second kappa shape index (κ2) is 10.8. The van der Waals surface area contributed by atoms with Gasteiger partial charge in [-0.25, -0.2) is 0 Å². The van der Waals surface area contributed by atoms with Crippen LogP contribution in [0.25, 0.3) is 5.57 Å². The van der Waals surface area contributed by atoms with Gasteiger partial charge in [-0.15, -0.1) is 0 Å². The van der Waals surface area contributed by atoms with Gasteiger partial charge >= 0.3 is 0 Å². The molecule has 0 aromatic heterocycles. The standard InChI is InChI=1S/C18H20.2C2H6/c1-15(16-10-6-4-7-11-16)14-18(2,3)17-12-8-5-9-13-17;2*1-2/h4-13H,1,14H2,2-3H3;2*1-2H3. The van der Waals surface area contributed by atoms with E-state index >= 15 is 0 Å². The minimum Gasteiger partial charge on any atom is -0.0952 e. The Balaban J connectivity index is 0.00000102. The summed E-state index contributed by atoms with van der Waals surface area (Å²) >= 11 is 0. The summed E-state index contributed by atoms with van der Waals surface area (Å²) in [6.07, 6.45) is 0.973. The van der Waals surface area contributed by atoms with Crippen molar-refractivity contribution < 1.29 is 0 Å². The Morgan fingerprint density at radius 2 is 1.18 bits per heavy atom. The van der Waals surface area contributed by atoms with Gasteiger partial charge in [0.15, 0.2) is 0 Å². The van der Waals surface area contributed by atoms with Crippen LogP contribution in [-0.2, 0) is 5.41 Å². The van der Waals surface area contributed by atoms with Crippen molar-refractivity contribution in [1.29, 1.82) is 0 Å². The predicted molar refractivity (Wildman–Crippen MR) is 102 cm³/mol. The second-order valence-corrected chi connectivity index (χ2v) is 5.40. The van der Waals surface area contributed by atoms with Crippen LogP contribution in [0.15, 0.2) is 67.2 Å². The molecule has 0 aliphatic rings. The van der Waals surface area contributed by atoms with E-state index in [9.17, 15) is 0 Å². The lowest BCUT2D eigenvalue weighted by molar-refractivity contribution is 0.542. The van der Waals surface area contributed by atoms with Gasteiger partial charge in [0, 0.05) is 0 Å². The first-order valence-electron chi connectivity index (χ1n) is 8.38. The van der Waals surface area contributed by atoms with Gasteiger partial charge in [0.05, 0.1) is 0 Å². The molecule has 0 aliphatic heterocycles. The van der Waals surface area contributed by atoms with Crippen LogP contribution >= 0.6 is 0 Å². The van der Waals surface area contributed by atoms with Crippen molar-refractivity contribution in [3.8, 4) is 0 Å². The van der Waals surface area contributed by atoms with E-state index in [0.717, 1.165) is 6.42 Å². The summed E-state index contributed by atoms with van der Waals surface area (Å²) in [6, 6.07) is 21.1. The highest BCUT2D eigenvalue weighted by Gasteiger charge is 2.21. The van der Waals surface area contributed by atoms with E-state index in [1.807, 2.05) is 33.8 Å². The van der Waals surface area contributed by atoms with Crippen molar-refractivity contribution in [2.24, 2.45) is 0 Å². The second-order valence-electron chi connectivity index (χ2n) is 5.40. The number of rotatable bonds is 4. The van der Waals surface area contributed by atoms with Gasteiger partial charge in [-0.05, 0) is 28.5 Å². The smallest absolute Gasteiger partial charge is 0.00632 e. The fourth-order valence-electron chi connectivity index (χ4n) is 2.30. The summed E-state index contributed by atoms with van der Waals surface area (Å²) in [7, 11) is 0. The summed E-state index contributed by atoms with van der Waals surface area (Å²) in [5.41, 5.74) is 3.92. The lowest BCUT2D eigenvalue weighted by atomic mass is 9.78. The Morgan fingerprint density at radius 3 is 1.64 bits per heavy atom. The van der Waals surface area contributed by atoms with Crippen molar-refractivity contribution in [3.05, 3.63) is 78.4 Å². The third-order valence-electron chi connectivity index (χ3n) is 3.39. The normalized spacial score (nSPS) is 9.73. The number of benzene rings is 2. The Morgan fingerprint density at radius 1 is 0.773 bits per heavy atom. The molecule has 0 bridgehead atoms. The summed E-state index contributed by atoms with van der Waals surface area (Å²) in [4.78, 5) is 0. The molecule has 0 aliphatic carbocycles. The van der Waals surface area contributed by atoms with E-state index in [1.165, 1.54) is 16.7 Å². The molecule has 0 saturated heterocycles. The maximum absolute atomic E-state index is 4.24. The molecule has 0 spiro atoms. The maximum atomic E-state index is 4.24. The van der Waals surface area contributed by atoms with Crippen molar-refractivity contribution in [2.75, 3.05) is 0 Å². The van der Waals surface area contributed by atoms with Crippen LogP contribution in [0.4, 0.5) is 0 Å². The molecule has 0 nitrogen and oxygen atoms in total. The van der Waals surface area contributed by atoms with E-state index in [0.29, 0.717) is 0 Å². The van der Waals surface area contributed by atoms with Crippen LogP contribution in [0, 0.1) is 0 Å². The van der Waals surface area contributed by atoms with Gasteiger partial charge in [-0.3, -0.25) is 0 Å². The minimum absolute atomic E-state index is 0.119. The first-order valence-corrected chi connectivity index (χ1v) is 8.38. The van der Waals surface area contributed by atoms with Gasteiger partial charge in [0.1, 0.15) is 0 Å². The molecule has 0 amide bonds. The van der Waals surface area contributed by atoms with Gasteiger partial charge in [0.25, 0.3) is 0 Å². The molecule has 0 atom stereocenters. The number of allylic oxidation sites excluding steroid dienone is 1. The lowest BCUT2D eigenvalue weighted by Gasteiger charge is -2.26. The van der Waals surface area contributed by atoms with Crippen LogP contribution in [0.3, 0.4) is 0 Å². The zero-order valence-electron chi connectivity index (χ0n) is 15.2. The minimum atomic E-state index is 0.119. The predicted octanol–water partition coefficient (Wildman–Crippen LogP) is 7.12. The van der Waals surface area contributed by atoms with Crippen LogP contribution in [-0.4, -0.2) is 0 Å². The maximum Gasteiger partial charge on any atom is -0.00632 e. The van der Waals surface area contributed by atoms with Crippen molar-refractivity contribution in [2.45, 2.75) is 53.4 Å². The molecule has 0 saturated carbocycles. The molecule has 0 heteroatoms. The van der Waals surface area contributed by atoms with Gasteiger partial charge in [0.2, 0.25) is 0 Å². The number of hydrogen-bond acceptors (Lipinski definition) is 0. The SMILES string of the molecule is C=C(CC(C)(C)c1ccccc1)c1ccccc1.CC.CC. The van der Waals surface area contributed by atoms with Crippen LogP contribution < -0.4 is 0 Å². The highest BCUT2D eigenvalue weighted by molar-refractivity contribution is 5.64. The molecular weight excluding hydrogens is 264 g/mol. The Kier molecular flexibility index (Phi) is 9.95. The molecule has 0 fully saturated rings. The first kappa shape index (κ1) is 20.2. The van der Waals surface area contributed by atoms with E-state index in [2.05, 4.69) is 75.0 Å². The largest absolute Gasteiger partial charge is 0.0952 e. The van der Waals surface area contributed by atoms with Gasteiger partial charge in [-0.2, -0.15) is 0 Å². The van der Waals surface area contributed by atoms with Crippen molar-refractivity contribution in [3.63, 3.8) is 0 Å². The molecular formula is C22H32. The molecule has 2 aromatic carbocycles. The van der Waals surface area contributed by atoms with Gasteiger partial charge in [-0.1, -0.05) is 109 Å². The van der Waals surface area contributed by atoms with Crippen molar-refractivity contribution >= 4 is 5.57 Å². The van der Waals surface area contributed by atoms with Crippen LogP contribution in [0.2, 0.25) is 0 Å². The van der Waals surface area contributed by atoms with Gasteiger partial charge < -0.3 is 0 Å². The molecule has 120 valence electrons. The fourth-order valence-corrected chi connectivity index (χ4v) is 2.30. The molecule has 22 heavy (non-hydrogen) atoms. The molecule has 0 radical (unpaired) electrons. The average molecular weight is 296 g/mol. The summed E-state index contributed by atoms with van der Waals surface area (Å²) in [5.74, 6) is 0. The zero-order valence-corrected chi connectivity index (χ0v) is 15.2. The third-order valence-corrected chi connectivity index (χ3v) is 3.39. The van der Waals surface area contributed by atoms with E-state index in [4.69, 9.17) is 0 Å². The number of hydrogen-bond donors (Lipinski definition) is 0. The van der Waals surface area contributed by atoms with E-state index < -0.39 is 0 Å². The summed E-state index contributed by atoms with van der Waals surface area (Å²) in [6.45, 7) is 16.8. The topological polar surface area (TPSA) is 0 Å². The molecule has 0 heterocycles. The fraction of sp³-hybridized carbons (Fsp3) is 0.364. The molecule has 0 N–H and O–H groups in total. The summed E-state index contributed by atoms with van der Waals surface area (Å²) < 4.78 is 0. The lowest BCUT2D eigenvalue weighted by Crippen LogP contribution is -2.17. The molecule has 2 rings (SSSR count). The Hall–Kier alpha value is -1.82. The average Bonchev–Trinajstić information content (AvgIpc) is 2.60.